The zero-order chi connectivity index (χ0) is 48.6. The Morgan fingerprint density at radius 1 is 0.580 bits per heavy atom. The molecule has 0 atom stereocenters. The van der Waals surface area contributed by atoms with Crippen molar-refractivity contribution in [1.29, 1.82) is 0 Å². The fourth-order valence-corrected chi connectivity index (χ4v) is 8.13. The second kappa shape index (κ2) is 22.2. The van der Waals surface area contributed by atoms with Gasteiger partial charge in [-0.3, -0.25) is 9.59 Å². The van der Waals surface area contributed by atoms with Crippen LogP contribution in [0.1, 0.15) is 69.4 Å². The van der Waals surface area contributed by atoms with Gasteiger partial charge in [0.15, 0.2) is 0 Å². The van der Waals surface area contributed by atoms with Gasteiger partial charge < -0.3 is 41.3 Å². The van der Waals surface area contributed by atoms with Crippen LogP contribution in [0.3, 0.4) is 0 Å². The fourth-order valence-electron chi connectivity index (χ4n) is 7.90. The number of benzene rings is 2. The van der Waals surface area contributed by atoms with Crippen LogP contribution in [-0.4, -0.2) is 130 Å². The molecule has 5 N–H and O–H groups in total. The Bertz CT molecular complexity index is 2730. The van der Waals surface area contributed by atoms with E-state index in [2.05, 4.69) is 104 Å². The molecule has 4 aliphatic rings. The first-order valence-corrected chi connectivity index (χ1v) is 24.1. The number of amides is 2. The quantitative estimate of drug-likeness (QED) is 0.105. The third-order valence-electron chi connectivity index (χ3n) is 12.5. The molecule has 69 heavy (non-hydrogen) atoms. The van der Waals surface area contributed by atoms with Gasteiger partial charge in [0.1, 0.15) is 23.3 Å². The van der Waals surface area contributed by atoms with Crippen molar-refractivity contribution in [3.8, 4) is 22.3 Å². The van der Waals surface area contributed by atoms with Crippen LogP contribution in [0.15, 0.2) is 85.5 Å². The first-order chi connectivity index (χ1) is 33.2. The Labute approximate surface area is 410 Å². The molecule has 0 unspecified atom stereocenters. The number of hydrogen-bond donors (Lipinski definition) is 4. The number of carbonyl (C=O) groups is 2. The number of piperazine rings is 2. The Kier molecular flexibility index (Phi) is 15.7. The molecule has 0 bridgehead atoms. The largest absolute Gasteiger partial charge is 0.382 e. The monoisotopic (exact) mass is 950 g/mol. The fraction of sp³-hybridized carbons (Fsp3) is 0.385. The Balaban J connectivity index is 0.000000172. The van der Waals surface area contributed by atoms with Crippen molar-refractivity contribution in [3.05, 3.63) is 125 Å². The lowest BCUT2D eigenvalue weighted by Crippen LogP contribution is -2.44. The molecule has 6 heterocycles. The molecule has 2 saturated carbocycles. The molecule has 2 aromatic carbocycles. The molecule has 2 amide bonds. The van der Waals surface area contributed by atoms with Crippen molar-refractivity contribution >= 4 is 52.1 Å². The highest BCUT2D eigenvalue weighted by atomic mass is 35.5. The number of nitrogens with two attached hydrogens (primary N) is 1. The number of anilines is 5. The summed E-state index contributed by atoms with van der Waals surface area (Å²) in [5.41, 5.74) is 15.4. The first-order valence-electron chi connectivity index (χ1n) is 23.7. The van der Waals surface area contributed by atoms with Gasteiger partial charge in [-0.1, -0.05) is 11.6 Å². The van der Waals surface area contributed by atoms with Gasteiger partial charge in [-0.2, -0.15) is 0 Å². The Morgan fingerprint density at radius 2 is 1.00 bits per heavy atom. The summed E-state index contributed by atoms with van der Waals surface area (Å²) in [6.07, 6.45) is 11.0. The molecule has 17 heteroatoms. The number of rotatable bonds is 10. The van der Waals surface area contributed by atoms with Crippen LogP contribution in [0, 0.1) is 27.7 Å². The summed E-state index contributed by atoms with van der Waals surface area (Å²) >= 11 is 6.45. The molecule has 16 nitrogen and oxygen atoms in total. The van der Waals surface area contributed by atoms with Crippen molar-refractivity contribution in [2.75, 3.05) is 92.2 Å². The van der Waals surface area contributed by atoms with Crippen molar-refractivity contribution in [1.82, 2.24) is 39.7 Å². The van der Waals surface area contributed by atoms with Crippen molar-refractivity contribution < 1.29 is 9.59 Å². The van der Waals surface area contributed by atoms with Gasteiger partial charge in [0.25, 0.3) is 11.8 Å². The van der Waals surface area contributed by atoms with Gasteiger partial charge in [0.2, 0.25) is 0 Å². The lowest BCUT2D eigenvalue weighted by molar-refractivity contribution is 0.101. The van der Waals surface area contributed by atoms with E-state index < -0.39 is 0 Å². The van der Waals surface area contributed by atoms with Gasteiger partial charge in [0, 0.05) is 134 Å². The molecule has 2 aliphatic heterocycles. The van der Waals surface area contributed by atoms with Gasteiger partial charge in [-0.05, 0) is 139 Å². The van der Waals surface area contributed by atoms with Crippen LogP contribution in [0.4, 0.5) is 28.7 Å². The molecule has 360 valence electrons. The lowest BCUT2D eigenvalue weighted by Gasteiger charge is -2.34. The van der Waals surface area contributed by atoms with Crippen molar-refractivity contribution in [2.24, 2.45) is 5.73 Å². The summed E-state index contributed by atoms with van der Waals surface area (Å²) in [5, 5.41) is 10.0. The SMILES string of the molecule is Cc1ncc(C(=O)Nc2ccc(-c3cc(Cl)cc(N4CCN(C)CC4)c3)c(C)n2)cn1.Cc1ncc(C(=O)Nc2ccc(-c3cc(NC4CC4)cc(N4CCN(C)CC4)c3)c(C)n2)cn1.NC1CC1. The third-order valence-corrected chi connectivity index (χ3v) is 12.7. The highest BCUT2D eigenvalue weighted by molar-refractivity contribution is 6.31. The molecule has 4 fully saturated rings. The third kappa shape index (κ3) is 13.8. The summed E-state index contributed by atoms with van der Waals surface area (Å²) in [6, 6.07) is 21.7. The van der Waals surface area contributed by atoms with E-state index in [0.29, 0.717) is 51.5 Å². The molecule has 2 aliphatic carbocycles. The van der Waals surface area contributed by atoms with Crippen LogP contribution < -0.4 is 31.5 Å². The minimum Gasteiger partial charge on any atom is -0.382 e. The standard InChI is InChI=1S/C26H31N7O.C23H25ClN6O.C3H7N/c1-17-24(6-7-25(29-17)31-26(34)20-15-27-18(2)28-16-20)19-12-22(30-21-4-5-21)14-23(13-19)33-10-8-32(3)9-11-33;1-15-21(4-5-22(27-15)28-23(31)18-13-25-16(2)26-14-18)17-10-19(24)12-20(11-17)30-8-6-29(3)7-9-30;4-3-1-2-3/h6-7,12-16,21,30H,4-5,8-11H2,1-3H3,(H,29,31,34);4-5,10-14H,6-9H2,1-3H3,(H,27,28,31);3H,1-2,4H2. The van der Waals surface area contributed by atoms with E-state index in [0.717, 1.165) is 97.4 Å². The first kappa shape index (κ1) is 48.9. The summed E-state index contributed by atoms with van der Waals surface area (Å²) in [4.78, 5) is 60.0. The Hall–Kier alpha value is -6.59. The second-order valence-corrected chi connectivity index (χ2v) is 18.8. The molecule has 4 aromatic heterocycles. The summed E-state index contributed by atoms with van der Waals surface area (Å²) in [7, 11) is 4.32. The smallest absolute Gasteiger partial charge is 0.259 e. The van der Waals surface area contributed by atoms with Gasteiger partial charge >= 0.3 is 0 Å². The molecule has 10 rings (SSSR count). The minimum atomic E-state index is -0.292. The van der Waals surface area contributed by atoms with Crippen LogP contribution in [0.2, 0.25) is 5.02 Å². The van der Waals surface area contributed by atoms with E-state index in [4.69, 9.17) is 17.3 Å². The van der Waals surface area contributed by atoms with E-state index in [1.165, 1.54) is 56.2 Å². The van der Waals surface area contributed by atoms with E-state index in [1.54, 1.807) is 19.9 Å². The molecule has 2 saturated heterocycles. The molecule has 0 spiro atoms. The maximum absolute atomic E-state index is 12.5. The van der Waals surface area contributed by atoms with Crippen molar-refractivity contribution in [2.45, 2.75) is 65.5 Å². The predicted octanol–water partition coefficient (Wildman–Crippen LogP) is 7.65. The van der Waals surface area contributed by atoms with Crippen LogP contribution in [0.5, 0.6) is 0 Å². The van der Waals surface area contributed by atoms with Gasteiger partial charge in [-0.15, -0.1) is 0 Å². The van der Waals surface area contributed by atoms with E-state index >= 15 is 0 Å². The molecule has 0 radical (unpaired) electrons. The number of aromatic nitrogens is 6. The number of pyridine rings is 2. The zero-order valence-corrected chi connectivity index (χ0v) is 41.2. The van der Waals surface area contributed by atoms with E-state index in [9.17, 15) is 9.59 Å². The minimum absolute atomic E-state index is 0.271. The highest BCUT2D eigenvalue weighted by Gasteiger charge is 2.23. The molecular formula is C52H63ClN14O2. The van der Waals surface area contributed by atoms with E-state index in [1.807, 2.05) is 44.2 Å². The zero-order valence-electron chi connectivity index (χ0n) is 40.5. The van der Waals surface area contributed by atoms with Crippen LogP contribution in [0.25, 0.3) is 22.3 Å². The van der Waals surface area contributed by atoms with Crippen LogP contribution in [-0.2, 0) is 0 Å². The lowest BCUT2D eigenvalue weighted by atomic mass is 10.0. The molecular weight excluding hydrogens is 888 g/mol. The second-order valence-electron chi connectivity index (χ2n) is 18.4. The average Bonchev–Trinajstić information content (AvgIpc) is 4.29. The number of hydrogen-bond acceptors (Lipinski definition) is 14. The normalized spacial score (nSPS) is 16.1. The van der Waals surface area contributed by atoms with Crippen LogP contribution >= 0.6 is 11.6 Å². The number of aryl methyl sites for hydroxylation is 4. The molecule has 6 aromatic rings. The predicted molar refractivity (Wildman–Crippen MR) is 277 cm³/mol. The van der Waals surface area contributed by atoms with Crippen molar-refractivity contribution in [3.63, 3.8) is 0 Å². The number of nitrogens with zero attached hydrogens (tertiary/aromatic N) is 10. The highest BCUT2D eigenvalue weighted by Crippen LogP contribution is 2.35. The maximum atomic E-state index is 12.5. The Morgan fingerprint density at radius 3 is 1.41 bits per heavy atom. The average molecular weight is 952 g/mol. The summed E-state index contributed by atoms with van der Waals surface area (Å²) < 4.78 is 0. The number of likely N-dealkylation sites (N-methyl/N-ethyl adjacent to an activating group) is 2. The number of halogens is 1. The summed E-state index contributed by atoms with van der Waals surface area (Å²) in [5.74, 6) is 1.68. The van der Waals surface area contributed by atoms with Gasteiger partial charge in [0.05, 0.1) is 11.1 Å². The summed E-state index contributed by atoms with van der Waals surface area (Å²) in [6.45, 7) is 15.7. The maximum Gasteiger partial charge on any atom is 0.259 e. The van der Waals surface area contributed by atoms with Gasteiger partial charge in [-0.25, -0.2) is 29.9 Å². The van der Waals surface area contributed by atoms with E-state index in [-0.39, 0.29) is 11.8 Å². The number of carbonyl (C=O) groups excluding carboxylic acids is 2. The number of nitrogens with one attached hydrogen (secondary N) is 3. The topological polar surface area (TPSA) is 187 Å².